The van der Waals surface area contributed by atoms with E-state index in [0.29, 0.717) is 6.04 Å². The summed E-state index contributed by atoms with van der Waals surface area (Å²) in [5.74, 6) is 0. The molecule has 0 fully saturated rings. The maximum atomic E-state index is 3.53. The molecule has 0 saturated heterocycles. The van der Waals surface area contributed by atoms with Crippen molar-refractivity contribution in [3.05, 3.63) is 55.7 Å². The maximum Gasteiger partial charge on any atom is 0.0701 e. The predicted octanol–water partition coefficient (Wildman–Crippen LogP) is 4.63. The van der Waals surface area contributed by atoms with Crippen molar-refractivity contribution in [1.82, 2.24) is 5.32 Å². The molecule has 3 heteroatoms. The molecule has 1 N–H and O–H groups in total. The highest BCUT2D eigenvalue weighted by atomic mass is 79.9. The summed E-state index contributed by atoms with van der Waals surface area (Å²) in [5, 5.41) is 3.40. The third-order valence-corrected chi connectivity index (χ3v) is 5.03. The van der Waals surface area contributed by atoms with Crippen molar-refractivity contribution < 1.29 is 0 Å². The molecule has 1 unspecified atom stereocenters. The molecule has 1 heterocycles. The van der Waals surface area contributed by atoms with Crippen LogP contribution < -0.4 is 5.32 Å². The summed E-state index contributed by atoms with van der Waals surface area (Å²) < 4.78 is 1.19. The minimum Gasteiger partial charge on any atom is -0.312 e. The molecule has 0 aliphatic carbocycles. The molecule has 1 nitrogen and oxygen atoms in total. The summed E-state index contributed by atoms with van der Waals surface area (Å²) in [6.07, 6.45) is 1.03. The fourth-order valence-electron chi connectivity index (χ4n) is 2.03. The van der Waals surface area contributed by atoms with Gasteiger partial charge >= 0.3 is 0 Å². The largest absolute Gasteiger partial charge is 0.312 e. The average molecular weight is 324 g/mol. The van der Waals surface area contributed by atoms with Gasteiger partial charge in [0, 0.05) is 10.9 Å². The first-order valence-electron chi connectivity index (χ1n) is 6.09. The second kappa shape index (κ2) is 6.00. The quantitative estimate of drug-likeness (QED) is 0.864. The van der Waals surface area contributed by atoms with Crippen LogP contribution in [0.3, 0.4) is 0 Å². The smallest absolute Gasteiger partial charge is 0.0701 e. The molecule has 0 amide bonds. The molecule has 0 radical (unpaired) electrons. The summed E-state index contributed by atoms with van der Waals surface area (Å²) in [4.78, 5) is 1.38. The van der Waals surface area contributed by atoms with Crippen molar-refractivity contribution in [3.63, 3.8) is 0 Å². The predicted molar refractivity (Wildman–Crippen MR) is 83.4 cm³/mol. The van der Waals surface area contributed by atoms with Crippen LogP contribution in [0.2, 0.25) is 0 Å². The molecular weight excluding hydrogens is 306 g/mol. The number of halogens is 1. The highest BCUT2D eigenvalue weighted by Crippen LogP contribution is 2.29. The van der Waals surface area contributed by atoms with Crippen LogP contribution in [0.15, 0.2) is 34.1 Å². The van der Waals surface area contributed by atoms with Crippen molar-refractivity contribution >= 4 is 27.3 Å². The van der Waals surface area contributed by atoms with E-state index in [0.717, 1.165) is 6.42 Å². The van der Waals surface area contributed by atoms with E-state index in [1.807, 2.05) is 7.05 Å². The summed E-state index contributed by atoms with van der Waals surface area (Å²) in [6, 6.07) is 11.4. The highest BCUT2D eigenvalue weighted by molar-refractivity contribution is 9.11. The zero-order valence-corrected chi connectivity index (χ0v) is 13.4. The monoisotopic (exact) mass is 323 g/mol. The topological polar surface area (TPSA) is 12.0 Å². The zero-order chi connectivity index (χ0) is 13.1. The zero-order valence-electron chi connectivity index (χ0n) is 11.0. The Hall–Kier alpha value is -0.640. The van der Waals surface area contributed by atoms with Crippen molar-refractivity contribution in [2.45, 2.75) is 26.3 Å². The van der Waals surface area contributed by atoms with Gasteiger partial charge in [0.15, 0.2) is 0 Å². The third kappa shape index (κ3) is 3.22. The molecule has 1 aromatic heterocycles. The molecule has 0 aliphatic heterocycles. The fraction of sp³-hybridized carbons (Fsp3) is 0.333. The number of likely N-dealkylation sites (N-methyl/N-ethyl adjacent to an activating group) is 1. The number of hydrogen-bond acceptors (Lipinski definition) is 2. The Balaban J connectivity index is 2.17. The Labute approximate surface area is 121 Å². The second-order valence-corrected chi connectivity index (χ2v) is 7.10. The Morgan fingerprint density at radius 3 is 2.50 bits per heavy atom. The SMILES string of the molecule is CNC(Cc1ccc(C)c(C)c1)c1ccc(Br)s1. The molecule has 0 aliphatic rings. The number of nitrogens with one attached hydrogen (secondary N) is 1. The number of rotatable bonds is 4. The van der Waals surface area contributed by atoms with Crippen molar-refractivity contribution in [2.75, 3.05) is 7.05 Å². The van der Waals surface area contributed by atoms with E-state index in [-0.39, 0.29) is 0 Å². The van der Waals surface area contributed by atoms with E-state index < -0.39 is 0 Å². The molecule has 0 bridgehead atoms. The van der Waals surface area contributed by atoms with Crippen molar-refractivity contribution in [1.29, 1.82) is 0 Å². The van der Waals surface area contributed by atoms with Gasteiger partial charge in [-0.25, -0.2) is 0 Å². The third-order valence-electron chi connectivity index (χ3n) is 3.30. The molecule has 1 aromatic carbocycles. The van der Waals surface area contributed by atoms with E-state index >= 15 is 0 Å². The normalized spacial score (nSPS) is 12.7. The number of benzene rings is 1. The lowest BCUT2D eigenvalue weighted by Gasteiger charge is -2.15. The van der Waals surface area contributed by atoms with Gasteiger partial charge in [0.2, 0.25) is 0 Å². The van der Waals surface area contributed by atoms with Crippen LogP contribution in [0, 0.1) is 13.8 Å². The number of aryl methyl sites for hydroxylation is 2. The minimum atomic E-state index is 0.392. The molecular formula is C15H18BrNS. The van der Waals surface area contributed by atoms with Crippen LogP contribution in [0.5, 0.6) is 0 Å². The number of thiophene rings is 1. The van der Waals surface area contributed by atoms with Gasteiger partial charge in [-0.05, 0) is 72.1 Å². The molecule has 1 atom stereocenters. The van der Waals surface area contributed by atoms with E-state index in [1.165, 1.54) is 25.4 Å². The van der Waals surface area contributed by atoms with Crippen LogP contribution in [0.1, 0.15) is 27.6 Å². The lowest BCUT2D eigenvalue weighted by atomic mass is 10.0. The molecule has 96 valence electrons. The summed E-state index contributed by atoms with van der Waals surface area (Å²) in [7, 11) is 2.03. The molecule has 2 aromatic rings. The van der Waals surface area contributed by atoms with Gasteiger partial charge in [-0.15, -0.1) is 11.3 Å². The van der Waals surface area contributed by atoms with Crippen LogP contribution in [-0.4, -0.2) is 7.05 Å². The van der Waals surface area contributed by atoms with Gasteiger partial charge in [0.1, 0.15) is 0 Å². The molecule has 0 saturated carbocycles. The van der Waals surface area contributed by atoms with Gasteiger partial charge in [0.05, 0.1) is 3.79 Å². The van der Waals surface area contributed by atoms with E-state index in [9.17, 15) is 0 Å². The van der Waals surface area contributed by atoms with E-state index in [1.54, 1.807) is 11.3 Å². The highest BCUT2D eigenvalue weighted by Gasteiger charge is 2.12. The lowest BCUT2D eigenvalue weighted by molar-refractivity contribution is 0.602. The van der Waals surface area contributed by atoms with Gasteiger partial charge in [0.25, 0.3) is 0 Å². The fourth-order valence-corrected chi connectivity index (χ4v) is 3.56. The number of hydrogen-bond donors (Lipinski definition) is 1. The summed E-state index contributed by atoms with van der Waals surface area (Å²) in [6.45, 7) is 4.33. The Bertz CT molecular complexity index is 533. The standard InChI is InChI=1S/C15H18BrNS/c1-10-4-5-12(8-11(10)2)9-13(17-3)14-6-7-15(16)18-14/h4-8,13,17H,9H2,1-3H3. The Morgan fingerprint density at radius 1 is 1.17 bits per heavy atom. The van der Waals surface area contributed by atoms with Crippen LogP contribution in [0.4, 0.5) is 0 Å². The van der Waals surface area contributed by atoms with Gasteiger partial charge in [-0.2, -0.15) is 0 Å². The van der Waals surface area contributed by atoms with Gasteiger partial charge in [-0.3, -0.25) is 0 Å². The average Bonchev–Trinajstić information content (AvgIpc) is 2.77. The minimum absolute atomic E-state index is 0.392. The van der Waals surface area contributed by atoms with Crippen molar-refractivity contribution in [3.8, 4) is 0 Å². The molecule has 0 spiro atoms. The van der Waals surface area contributed by atoms with Crippen LogP contribution in [-0.2, 0) is 6.42 Å². The summed E-state index contributed by atoms with van der Waals surface area (Å²) >= 11 is 5.33. The summed E-state index contributed by atoms with van der Waals surface area (Å²) in [5.41, 5.74) is 4.12. The first-order chi connectivity index (χ1) is 8.60. The van der Waals surface area contributed by atoms with Gasteiger partial charge < -0.3 is 5.32 Å². The van der Waals surface area contributed by atoms with E-state index in [2.05, 4.69) is 65.4 Å². The second-order valence-electron chi connectivity index (χ2n) is 4.61. The van der Waals surface area contributed by atoms with Crippen LogP contribution >= 0.6 is 27.3 Å². The maximum absolute atomic E-state index is 3.53. The Kier molecular flexibility index (Phi) is 4.60. The lowest BCUT2D eigenvalue weighted by Crippen LogP contribution is -2.17. The first kappa shape index (κ1) is 13.8. The Morgan fingerprint density at radius 2 is 1.94 bits per heavy atom. The van der Waals surface area contributed by atoms with Crippen molar-refractivity contribution in [2.24, 2.45) is 0 Å². The first-order valence-corrected chi connectivity index (χ1v) is 7.69. The molecule has 2 rings (SSSR count). The van der Waals surface area contributed by atoms with E-state index in [4.69, 9.17) is 0 Å². The van der Waals surface area contributed by atoms with Gasteiger partial charge in [-0.1, -0.05) is 18.2 Å². The molecule has 18 heavy (non-hydrogen) atoms. The van der Waals surface area contributed by atoms with Crippen LogP contribution in [0.25, 0.3) is 0 Å².